The molecule has 0 aromatic heterocycles. The van der Waals surface area contributed by atoms with Gasteiger partial charge in [0.1, 0.15) is 6.10 Å². The molecule has 4 atom stereocenters. The summed E-state index contributed by atoms with van der Waals surface area (Å²) in [6.07, 6.45) is -0.120. The molecule has 6 nitrogen and oxygen atoms in total. The molecule has 6 heteroatoms. The van der Waals surface area contributed by atoms with Gasteiger partial charge in [0.2, 0.25) is 5.91 Å². The monoisotopic (exact) mass is 260 g/mol. The van der Waals surface area contributed by atoms with Crippen LogP contribution in [-0.4, -0.2) is 70.1 Å². The zero-order valence-corrected chi connectivity index (χ0v) is 11.0. The fourth-order valence-electron chi connectivity index (χ4n) is 2.41. The lowest BCUT2D eigenvalue weighted by atomic mass is 9.92. The van der Waals surface area contributed by atoms with Crippen molar-refractivity contribution < 1.29 is 20.1 Å². The number of nitrogens with one attached hydrogen (secondary N) is 1. The number of carbonyl (C=O) groups is 1. The number of aliphatic hydroxyl groups excluding tert-OH is 3. The third kappa shape index (κ3) is 3.65. The van der Waals surface area contributed by atoms with E-state index in [-0.39, 0.29) is 12.5 Å². The van der Waals surface area contributed by atoms with Gasteiger partial charge in [-0.1, -0.05) is 13.3 Å². The quantitative estimate of drug-likeness (QED) is 0.492. The molecule has 0 spiro atoms. The number of rotatable bonds is 5. The number of amides is 1. The molecule has 0 aromatic carbocycles. The normalized spacial score (nSPS) is 33.4. The molecule has 0 unspecified atom stereocenters. The van der Waals surface area contributed by atoms with Crippen LogP contribution in [0.5, 0.6) is 0 Å². The van der Waals surface area contributed by atoms with Crippen LogP contribution in [0.3, 0.4) is 0 Å². The first-order valence-corrected chi connectivity index (χ1v) is 6.49. The van der Waals surface area contributed by atoms with E-state index in [1.165, 1.54) is 6.92 Å². The van der Waals surface area contributed by atoms with Crippen LogP contribution in [0.25, 0.3) is 0 Å². The zero-order chi connectivity index (χ0) is 13.7. The van der Waals surface area contributed by atoms with Gasteiger partial charge in [-0.2, -0.15) is 0 Å². The van der Waals surface area contributed by atoms with Crippen molar-refractivity contribution in [3.63, 3.8) is 0 Å². The summed E-state index contributed by atoms with van der Waals surface area (Å²) in [6, 6.07) is -0.950. The Morgan fingerprint density at radius 3 is 2.56 bits per heavy atom. The Kier molecular flexibility index (Phi) is 6.01. The fourth-order valence-corrected chi connectivity index (χ4v) is 2.41. The Balaban J connectivity index is 2.72. The standard InChI is InChI=1S/C12H24N2O4/c1-3-4-5-14-6-9(13-8(2)16)11(17)12(18)10(14)7-15/h9-12,15,17-18H,3-7H2,1-2H3,(H,13,16)/t9-,10+,11+,12+/m0/s1. The number of unbranched alkanes of at least 4 members (excludes halogenated alkanes) is 1. The van der Waals surface area contributed by atoms with Gasteiger partial charge in [0, 0.05) is 13.5 Å². The summed E-state index contributed by atoms with van der Waals surface area (Å²) in [5.74, 6) is -0.232. The highest BCUT2D eigenvalue weighted by Gasteiger charge is 2.41. The summed E-state index contributed by atoms with van der Waals surface area (Å²) in [4.78, 5) is 13.0. The molecule has 1 fully saturated rings. The predicted octanol–water partition coefficient (Wildman–Crippen LogP) is -1.31. The molecule has 0 bridgehead atoms. The van der Waals surface area contributed by atoms with E-state index in [2.05, 4.69) is 12.2 Å². The minimum absolute atomic E-state index is 0.200. The first kappa shape index (κ1) is 15.4. The topological polar surface area (TPSA) is 93.0 Å². The van der Waals surface area contributed by atoms with Gasteiger partial charge in [0.05, 0.1) is 24.8 Å². The van der Waals surface area contributed by atoms with Gasteiger partial charge in [0.15, 0.2) is 0 Å². The zero-order valence-electron chi connectivity index (χ0n) is 11.0. The molecular weight excluding hydrogens is 236 g/mol. The summed E-state index contributed by atoms with van der Waals surface area (Å²) in [7, 11) is 0. The van der Waals surface area contributed by atoms with Crippen LogP contribution in [0.15, 0.2) is 0 Å². The third-order valence-corrected chi connectivity index (χ3v) is 3.43. The van der Waals surface area contributed by atoms with Crippen molar-refractivity contribution in [2.75, 3.05) is 19.7 Å². The van der Waals surface area contributed by atoms with E-state index in [4.69, 9.17) is 0 Å². The molecule has 1 saturated heterocycles. The van der Waals surface area contributed by atoms with E-state index < -0.39 is 24.3 Å². The van der Waals surface area contributed by atoms with Crippen LogP contribution in [0.1, 0.15) is 26.7 Å². The van der Waals surface area contributed by atoms with E-state index >= 15 is 0 Å². The summed E-state index contributed by atoms with van der Waals surface area (Å²) in [5.41, 5.74) is 0. The summed E-state index contributed by atoms with van der Waals surface area (Å²) in [5, 5.41) is 31.9. The Morgan fingerprint density at radius 1 is 1.39 bits per heavy atom. The highest BCUT2D eigenvalue weighted by Crippen LogP contribution is 2.19. The van der Waals surface area contributed by atoms with E-state index in [9.17, 15) is 20.1 Å². The van der Waals surface area contributed by atoms with Gasteiger partial charge in [-0.05, 0) is 13.0 Å². The molecule has 0 radical (unpaired) electrons. The number of hydrogen-bond donors (Lipinski definition) is 4. The smallest absolute Gasteiger partial charge is 0.217 e. The van der Waals surface area contributed by atoms with Crippen LogP contribution in [0.2, 0.25) is 0 Å². The summed E-state index contributed by atoms with van der Waals surface area (Å²) >= 11 is 0. The first-order valence-electron chi connectivity index (χ1n) is 6.49. The maximum Gasteiger partial charge on any atom is 0.217 e. The molecule has 0 saturated carbocycles. The van der Waals surface area contributed by atoms with Crippen molar-refractivity contribution >= 4 is 5.91 Å². The highest BCUT2D eigenvalue weighted by molar-refractivity contribution is 5.73. The molecule has 1 aliphatic rings. The maximum absolute atomic E-state index is 11.1. The largest absolute Gasteiger partial charge is 0.395 e. The summed E-state index contributed by atoms with van der Waals surface area (Å²) in [6.45, 7) is 4.43. The van der Waals surface area contributed by atoms with Crippen molar-refractivity contribution in [3.05, 3.63) is 0 Å². The Labute approximate surface area is 108 Å². The summed E-state index contributed by atoms with van der Waals surface area (Å²) < 4.78 is 0. The lowest BCUT2D eigenvalue weighted by molar-refractivity contribution is -0.128. The molecule has 4 N–H and O–H groups in total. The second-order valence-corrected chi connectivity index (χ2v) is 4.89. The average molecular weight is 260 g/mol. The number of nitrogens with zero attached hydrogens (tertiary/aromatic N) is 1. The lowest BCUT2D eigenvalue weighted by Crippen LogP contribution is -2.66. The van der Waals surface area contributed by atoms with Gasteiger partial charge >= 0.3 is 0 Å². The van der Waals surface area contributed by atoms with Crippen molar-refractivity contribution in [1.82, 2.24) is 10.2 Å². The van der Waals surface area contributed by atoms with Crippen LogP contribution in [0, 0.1) is 0 Å². The van der Waals surface area contributed by atoms with Gasteiger partial charge in [0.25, 0.3) is 0 Å². The molecule has 1 amide bonds. The van der Waals surface area contributed by atoms with E-state index in [1.807, 2.05) is 4.90 Å². The van der Waals surface area contributed by atoms with Crippen LogP contribution < -0.4 is 5.32 Å². The Hall–Kier alpha value is -0.690. The second kappa shape index (κ2) is 7.04. The second-order valence-electron chi connectivity index (χ2n) is 4.89. The average Bonchev–Trinajstić information content (AvgIpc) is 2.32. The minimum Gasteiger partial charge on any atom is -0.395 e. The SMILES string of the molecule is CCCCN1C[C@H](NC(C)=O)[C@@H](O)[C@H](O)[C@H]1CO. The molecule has 1 aliphatic heterocycles. The highest BCUT2D eigenvalue weighted by atomic mass is 16.3. The maximum atomic E-state index is 11.1. The van der Waals surface area contributed by atoms with Crippen LogP contribution in [-0.2, 0) is 4.79 Å². The molecule has 0 aliphatic carbocycles. The Morgan fingerprint density at radius 2 is 2.06 bits per heavy atom. The van der Waals surface area contributed by atoms with E-state index in [1.54, 1.807) is 0 Å². The van der Waals surface area contributed by atoms with Crippen molar-refractivity contribution in [3.8, 4) is 0 Å². The van der Waals surface area contributed by atoms with Crippen molar-refractivity contribution in [2.24, 2.45) is 0 Å². The van der Waals surface area contributed by atoms with Crippen molar-refractivity contribution in [2.45, 2.75) is 51.0 Å². The first-order chi connectivity index (χ1) is 8.51. The van der Waals surface area contributed by atoms with Gasteiger partial charge in [-0.3, -0.25) is 9.69 Å². The van der Waals surface area contributed by atoms with E-state index in [0.717, 1.165) is 19.4 Å². The third-order valence-electron chi connectivity index (χ3n) is 3.43. The van der Waals surface area contributed by atoms with Gasteiger partial charge in [-0.25, -0.2) is 0 Å². The van der Waals surface area contributed by atoms with Crippen molar-refractivity contribution in [1.29, 1.82) is 0 Å². The molecule has 18 heavy (non-hydrogen) atoms. The number of piperidine rings is 1. The molecule has 106 valence electrons. The molecule has 1 rings (SSSR count). The minimum atomic E-state index is -1.04. The molecule has 0 aromatic rings. The number of carbonyl (C=O) groups excluding carboxylic acids is 1. The van der Waals surface area contributed by atoms with Gasteiger partial charge < -0.3 is 20.6 Å². The Bertz CT molecular complexity index is 275. The van der Waals surface area contributed by atoms with Gasteiger partial charge in [-0.15, -0.1) is 0 Å². The van der Waals surface area contributed by atoms with Crippen LogP contribution >= 0.6 is 0 Å². The number of hydrogen-bond acceptors (Lipinski definition) is 5. The fraction of sp³-hybridized carbons (Fsp3) is 0.917. The van der Waals surface area contributed by atoms with E-state index in [0.29, 0.717) is 6.54 Å². The number of likely N-dealkylation sites (tertiary alicyclic amines) is 1. The predicted molar refractivity (Wildman–Crippen MR) is 67.0 cm³/mol. The van der Waals surface area contributed by atoms with Crippen LogP contribution in [0.4, 0.5) is 0 Å². The number of aliphatic hydroxyl groups is 3. The molecule has 1 heterocycles. The lowest BCUT2D eigenvalue weighted by Gasteiger charge is -2.45. The molecular formula is C12H24N2O4.